The first-order chi connectivity index (χ1) is 12.7. The lowest BCUT2D eigenvalue weighted by molar-refractivity contribution is -0.140. The molecule has 150 valence electrons. The van der Waals surface area contributed by atoms with Crippen molar-refractivity contribution in [2.75, 3.05) is 45.9 Å². The first kappa shape index (κ1) is 21.7. The molecule has 1 atom stereocenters. The van der Waals surface area contributed by atoms with Crippen LogP contribution in [0, 0.1) is 0 Å². The van der Waals surface area contributed by atoms with E-state index in [-0.39, 0.29) is 43.1 Å². The molecule has 7 heteroatoms. The Bertz CT molecular complexity index is 617. The number of rotatable bonds is 5. The van der Waals surface area contributed by atoms with E-state index in [0.29, 0.717) is 32.8 Å². The van der Waals surface area contributed by atoms with Crippen LogP contribution in [0.1, 0.15) is 36.9 Å². The molecule has 2 aliphatic rings. The molecule has 2 amide bonds. The Morgan fingerprint density at radius 3 is 2.41 bits per heavy atom. The largest absolute Gasteiger partial charge is 0.378 e. The van der Waals surface area contributed by atoms with E-state index in [2.05, 4.69) is 36.5 Å². The summed E-state index contributed by atoms with van der Waals surface area (Å²) in [6.45, 7) is 6.82. The second-order valence-corrected chi connectivity index (χ2v) is 6.90. The summed E-state index contributed by atoms with van der Waals surface area (Å²) in [5.74, 6) is 0.123. The van der Waals surface area contributed by atoms with E-state index < -0.39 is 0 Å². The van der Waals surface area contributed by atoms with Crippen LogP contribution in [0.4, 0.5) is 0 Å². The average molecular weight is 396 g/mol. The third kappa shape index (κ3) is 5.67. The van der Waals surface area contributed by atoms with Crippen molar-refractivity contribution in [2.24, 2.45) is 0 Å². The highest BCUT2D eigenvalue weighted by atomic mass is 35.5. The van der Waals surface area contributed by atoms with Gasteiger partial charge in [0.1, 0.15) is 0 Å². The van der Waals surface area contributed by atoms with Gasteiger partial charge >= 0.3 is 0 Å². The van der Waals surface area contributed by atoms with Crippen molar-refractivity contribution in [1.29, 1.82) is 0 Å². The van der Waals surface area contributed by atoms with Gasteiger partial charge in [0.15, 0.2) is 0 Å². The summed E-state index contributed by atoms with van der Waals surface area (Å²) in [5.41, 5.74) is 2.45. The fraction of sp³-hybridized carbons (Fsp3) is 0.600. The van der Waals surface area contributed by atoms with Crippen LogP contribution in [0.25, 0.3) is 0 Å². The smallest absolute Gasteiger partial charge is 0.223 e. The van der Waals surface area contributed by atoms with E-state index in [1.807, 2.05) is 4.90 Å². The van der Waals surface area contributed by atoms with Gasteiger partial charge in [0.25, 0.3) is 0 Å². The van der Waals surface area contributed by atoms with Gasteiger partial charge in [-0.1, -0.05) is 31.2 Å². The maximum atomic E-state index is 12.8. The molecule has 1 aromatic rings. The van der Waals surface area contributed by atoms with E-state index in [1.54, 1.807) is 4.90 Å². The van der Waals surface area contributed by atoms with Crippen molar-refractivity contribution in [3.05, 3.63) is 35.4 Å². The number of ether oxygens (including phenoxy) is 1. The molecule has 3 rings (SSSR count). The zero-order valence-electron chi connectivity index (χ0n) is 16.0. The number of carbonyl (C=O) groups excluding carboxylic acids is 2. The summed E-state index contributed by atoms with van der Waals surface area (Å²) >= 11 is 0. The molecule has 2 fully saturated rings. The molecule has 0 aromatic heterocycles. The Kier molecular flexibility index (Phi) is 8.54. The number of hydrogen-bond donors (Lipinski definition) is 1. The Hall–Kier alpha value is -1.63. The number of aryl methyl sites for hydroxylation is 1. The lowest BCUT2D eigenvalue weighted by Gasteiger charge is -2.37. The summed E-state index contributed by atoms with van der Waals surface area (Å²) in [7, 11) is 0. The quantitative estimate of drug-likeness (QED) is 0.825. The van der Waals surface area contributed by atoms with E-state index >= 15 is 0 Å². The predicted molar refractivity (Wildman–Crippen MR) is 107 cm³/mol. The van der Waals surface area contributed by atoms with Crippen LogP contribution in [0.3, 0.4) is 0 Å². The molecule has 0 spiro atoms. The highest BCUT2D eigenvalue weighted by Crippen LogP contribution is 2.24. The highest BCUT2D eigenvalue weighted by Gasteiger charge is 2.28. The standard InChI is InChI=1S/C20H29N3O3.ClH/c1-2-16-3-5-17(6-4-16)18-15-21-9-10-23(18)20(25)8-7-19(24)22-11-13-26-14-12-22;/h3-6,18,21H,2,7-15H2,1H3;1H. The summed E-state index contributed by atoms with van der Waals surface area (Å²) in [6, 6.07) is 8.55. The monoisotopic (exact) mass is 395 g/mol. The average Bonchev–Trinajstić information content (AvgIpc) is 2.72. The molecular weight excluding hydrogens is 366 g/mol. The molecule has 1 unspecified atom stereocenters. The van der Waals surface area contributed by atoms with E-state index in [0.717, 1.165) is 25.1 Å². The molecule has 2 aliphatic heterocycles. The van der Waals surface area contributed by atoms with Gasteiger partial charge in [-0.3, -0.25) is 9.59 Å². The lowest BCUT2D eigenvalue weighted by atomic mass is 10.0. The molecule has 1 N–H and O–H groups in total. The highest BCUT2D eigenvalue weighted by molar-refractivity contribution is 5.85. The van der Waals surface area contributed by atoms with Gasteiger partial charge in [-0.25, -0.2) is 0 Å². The number of carbonyl (C=O) groups is 2. The zero-order chi connectivity index (χ0) is 18.4. The molecule has 2 saturated heterocycles. The predicted octanol–water partition coefficient (Wildman–Crippen LogP) is 1.78. The summed E-state index contributed by atoms with van der Waals surface area (Å²) in [4.78, 5) is 28.8. The van der Waals surface area contributed by atoms with E-state index in [4.69, 9.17) is 4.74 Å². The molecule has 0 radical (unpaired) electrons. The Labute approximate surface area is 167 Å². The van der Waals surface area contributed by atoms with E-state index in [9.17, 15) is 9.59 Å². The molecule has 2 heterocycles. The maximum Gasteiger partial charge on any atom is 0.223 e. The summed E-state index contributed by atoms with van der Waals surface area (Å²) < 4.78 is 5.27. The van der Waals surface area contributed by atoms with Gasteiger partial charge in [0, 0.05) is 45.6 Å². The van der Waals surface area contributed by atoms with E-state index in [1.165, 1.54) is 5.56 Å². The van der Waals surface area contributed by atoms with Crippen LogP contribution in [-0.2, 0) is 20.7 Å². The SMILES string of the molecule is CCc1ccc(C2CNCCN2C(=O)CCC(=O)N2CCOCC2)cc1.Cl. The maximum absolute atomic E-state index is 12.8. The van der Waals surface area contributed by atoms with Crippen molar-refractivity contribution in [3.63, 3.8) is 0 Å². The lowest BCUT2D eigenvalue weighted by Crippen LogP contribution is -2.49. The molecule has 0 aliphatic carbocycles. The molecule has 1 aromatic carbocycles. The first-order valence-corrected chi connectivity index (χ1v) is 9.63. The van der Waals surface area contributed by atoms with Crippen LogP contribution in [-0.4, -0.2) is 67.6 Å². The number of piperazine rings is 1. The van der Waals surface area contributed by atoms with Gasteiger partial charge in [-0.2, -0.15) is 0 Å². The van der Waals surface area contributed by atoms with Crippen molar-refractivity contribution in [2.45, 2.75) is 32.2 Å². The van der Waals surface area contributed by atoms with Crippen LogP contribution >= 0.6 is 12.4 Å². The van der Waals surface area contributed by atoms with Crippen LogP contribution in [0.2, 0.25) is 0 Å². The van der Waals surface area contributed by atoms with Gasteiger partial charge in [-0.15, -0.1) is 12.4 Å². The second-order valence-electron chi connectivity index (χ2n) is 6.90. The van der Waals surface area contributed by atoms with Crippen molar-refractivity contribution < 1.29 is 14.3 Å². The topological polar surface area (TPSA) is 61.9 Å². The summed E-state index contributed by atoms with van der Waals surface area (Å²) in [5, 5.41) is 3.38. The number of nitrogens with one attached hydrogen (secondary N) is 1. The fourth-order valence-electron chi connectivity index (χ4n) is 3.60. The second kappa shape index (κ2) is 10.6. The molecule has 6 nitrogen and oxygen atoms in total. The van der Waals surface area contributed by atoms with Crippen molar-refractivity contribution in [3.8, 4) is 0 Å². The third-order valence-electron chi connectivity index (χ3n) is 5.25. The van der Waals surface area contributed by atoms with Crippen LogP contribution in [0.5, 0.6) is 0 Å². The molecule has 0 bridgehead atoms. The molecule has 27 heavy (non-hydrogen) atoms. The fourth-order valence-corrected chi connectivity index (χ4v) is 3.60. The minimum atomic E-state index is 0. The number of hydrogen-bond acceptors (Lipinski definition) is 4. The van der Waals surface area contributed by atoms with Gasteiger partial charge < -0.3 is 19.9 Å². The van der Waals surface area contributed by atoms with Gasteiger partial charge in [0.05, 0.1) is 19.3 Å². The number of nitrogens with zero attached hydrogens (tertiary/aromatic N) is 2. The van der Waals surface area contributed by atoms with Gasteiger partial charge in [0.2, 0.25) is 11.8 Å². The zero-order valence-corrected chi connectivity index (χ0v) is 16.8. The Morgan fingerprint density at radius 2 is 1.74 bits per heavy atom. The summed E-state index contributed by atoms with van der Waals surface area (Å²) in [6.07, 6.45) is 1.57. The minimum Gasteiger partial charge on any atom is -0.378 e. The number of benzene rings is 1. The Morgan fingerprint density at radius 1 is 1.07 bits per heavy atom. The van der Waals surface area contributed by atoms with Crippen LogP contribution < -0.4 is 5.32 Å². The van der Waals surface area contributed by atoms with Crippen molar-refractivity contribution >= 4 is 24.2 Å². The number of halogens is 1. The van der Waals surface area contributed by atoms with Gasteiger partial charge in [-0.05, 0) is 17.5 Å². The number of morpholine rings is 1. The first-order valence-electron chi connectivity index (χ1n) is 9.63. The van der Waals surface area contributed by atoms with Crippen molar-refractivity contribution in [1.82, 2.24) is 15.1 Å². The normalized spacial score (nSPS) is 20.1. The Balaban J connectivity index is 0.00000261. The van der Waals surface area contributed by atoms with Crippen LogP contribution in [0.15, 0.2) is 24.3 Å². The molecule has 0 saturated carbocycles. The third-order valence-corrected chi connectivity index (χ3v) is 5.25. The number of amides is 2. The molecular formula is C20H30ClN3O3. The minimum absolute atomic E-state index is 0.